The summed E-state index contributed by atoms with van der Waals surface area (Å²) in [6, 6.07) is 3.71. The van der Waals surface area contributed by atoms with Crippen LogP contribution in [0.3, 0.4) is 0 Å². The lowest BCUT2D eigenvalue weighted by Crippen LogP contribution is -2.30. The van der Waals surface area contributed by atoms with Crippen molar-refractivity contribution in [2.75, 3.05) is 19.0 Å². The number of hydrogen-bond acceptors (Lipinski definition) is 8. The Kier molecular flexibility index (Phi) is 7.35. The number of hydrogen-bond donors (Lipinski definition) is 2. The van der Waals surface area contributed by atoms with Gasteiger partial charge in [0.15, 0.2) is 6.10 Å². The highest BCUT2D eigenvalue weighted by molar-refractivity contribution is 6.01. The van der Waals surface area contributed by atoms with Crippen LogP contribution in [0.4, 0.5) is 11.4 Å². The van der Waals surface area contributed by atoms with Crippen LogP contribution in [0, 0.1) is 24.0 Å². The molecule has 0 spiro atoms. The first kappa shape index (κ1) is 23.4. The summed E-state index contributed by atoms with van der Waals surface area (Å²) < 4.78 is 15.3. The van der Waals surface area contributed by atoms with Gasteiger partial charge in [-0.3, -0.25) is 14.9 Å². The number of carbonyl (C=O) groups is 3. The standard InChI is InChI=1S/C20H23N3O8/c1-6-30-20(26)17-10(2)16(11(3)21-17)19(25)31-12(4)18(24)22-14-9-13(23(27)28)7-8-15(14)29-5/h7-9,12,21H,6H2,1-5H3,(H,22,24). The summed E-state index contributed by atoms with van der Waals surface area (Å²) in [5, 5.41) is 13.4. The van der Waals surface area contributed by atoms with Gasteiger partial charge in [-0.05, 0) is 39.3 Å². The molecule has 0 radical (unpaired) electrons. The Hall–Kier alpha value is -3.89. The average Bonchev–Trinajstić information content (AvgIpc) is 3.02. The summed E-state index contributed by atoms with van der Waals surface area (Å²) in [5.41, 5.74) is 0.793. The Labute approximate surface area is 177 Å². The number of ether oxygens (including phenoxy) is 3. The molecule has 1 unspecified atom stereocenters. The molecule has 0 aliphatic carbocycles. The number of nitro benzene ring substituents is 1. The molecule has 2 aromatic rings. The zero-order valence-corrected chi connectivity index (χ0v) is 17.7. The van der Waals surface area contributed by atoms with Gasteiger partial charge in [0.1, 0.15) is 11.4 Å². The topological polar surface area (TPSA) is 150 Å². The SMILES string of the molecule is CCOC(=O)c1[nH]c(C)c(C(=O)OC(C)C(=O)Nc2cc([N+](=O)[O-])ccc2OC)c1C. The Balaban J connectivity index is 2.17. The second-order valence-electron chi connectivity index (χ2n) is 6.52. The van der Waals surface area contributed by atoms with E-state index < -0.39 is 28.9 Å². The number of nitrogens with zero attached hydrogens (tertiary/aromatic N) is 1. The Morgan fingerprint density at radius 1 is 1.23 bits per heavy atom. The largest absolute Gasteiger partial charge is 0.495 e. The van der Waals surface area contributed by atoms with E-state index in [1.165, 1.54) is 26.2 Å². The maximum atomic E-state index is 12.6. The fourth-order valence-electron chi connectivity index (χ4n) is 2.88. The molecule has 0 bridgehead atoms. The second-order valence-corrected chi connectivity index (χ2v) is 6.52. The van der Waals surface area contributed by atoms with Crippen molar-refractivity contribution in [2.24, 2.45) is 0 Å². The first-order valence-electron chi connectivity index (χ1n) is 9.31. The van der Waals surface area contributed by atoms with E-state index in [1.54, 1.807) is 20.8 Å². The number of rotatable bonds is 8. The maximum Gasteiger partial charge on any atom is 0.355 e. The minimum Gasteiger partial charge on any atom is -0.495 e. The lowest BCUT2D eigenvalue weighted by Gasteiger charge is -2.15. The van der Waals surface area contributed by atoms with Crippen molar-refractivity contribution in [1.82, 2.24) is 4.98 Å². The number of methoxy groups -OCH3 is 1. The van der Waals surface area contributed by atoms with Crippen LogP contribution >= 0.6 is 0 Å². The molecule has 166 valence electrons. The van der Waals surface area contributed by atoms with Crippen LogP contribution in [0.2, 0.25) is 0 Å². The molecule has 11 nitrogen and oxygen atoms in total. The summed E-state index contributed by atoms with van der Waals surface area (Å²) in [7, 11) is 1.35. The first-order valence-corrected chi connectivity index (χ1v) is 9.31. The maximum absolute atomic E-state index is 12.6. The van der Waals surface area contributed by atoms with E-state index in [-0.39, 0.29) is 35.0 Å². The van der Waals surface area contributed by atoms with Gasteiger partial charge in [0.05, 0.1) is 29.9 Å². The lowest BCUT2D eigenvalue weighted by atomic mass is 10.1. The Morgan fingerprint density at radius 2 is 1.90 bits per heavy atom. The molecule has 1 aromatic carbocycles. The Morgan fingerprint density at radius 3 is 2.48 bits per heavy atom. The monoisotopic (exact) mass is 433 g/mol. The van der Waals surface area contributed by atoms with Gasteiger partial charge in [0.25, 0.3) is 11.6 Å². The van der Waals surface area contributed by atoms with E-state index in [0.717, 1.165) is 6.07 Å². The van der Waals surface area contributed by atoms with Crippen molar-refractivity contribution in [3.8, 4) is 5.75 Å². The molecule has 0 fully saturated rings. The van der Waals surface area contributed by atoms with Gasteiger partial charge in [-0.1, -0.05) is 0 Å². The molecule has 2 N–H and O–H groups in total. The van der Waals surface area contributed by atoms with E-state index >= 15 is 0 Å². The molecular formula is C20H23N3O8. The lowest BCUT2D eigenvalue weighted by molar-refractivity contribution is -0.384. The van der Waals surface area contributed by atoms with Crippen molar-refractivity contribution >= 4 is 29.2 Å². The van der Waals surface area contributed by atoms with Gasteiger partial charge in [-0.2, -0.15) is 0 Å². The number of anilines is 1. The number of non-ortho nitro benzene ring substituents is 1. The van der Waals surface area contributed by atoms with Crippen molar-refractivity contribution in [2.45, 2.75) is 33.8 Å². The fourth-order valence-corrected chi connectivity index (χ4v) is 2.88. The van der Waals surface area contributed by atoms with Crippen molar-refractivity contribution in [1.29, 1.82) is 0 Å². The molecule has 11 heteroatoms. The third-order valence-electron chi connectivity index (χ3n) is 4.43. The van der Waals surface area contributed by atoms with Crippen LogP contribution in [-0.2, 0) is 14.3 Å². The molecule has 0 aliphatic heterocycles. The molecular weight excluding hydrogens is 410 g/mol. The summed E-state index contributed by atoms with van der Waals surface area (Å²) in [4.78, 5) is 50.3. The number of esters is 2. The van der Waals surface area contributed by atoms with Crippen LogP contribution in [0.15, 0.2) is 18.2 Å². The molecule has 2 rings (SSSR count). The van der Waals surface area contributed by atoms with Crippen LogP contribution < -0.4 is 10.1 Å². The fraction of sp³-hybridized carbons (Fsp3) is 0.350. The summed E-state index contributed by atoms with van der Waals surface area (Å²) in [5.74, 6) is -1.93. The van der Waals surface area contributed by atoms with Gasteiger partial charge in [0.2, 0.25) is 0 Å². The van der Waals surface area contributed by atoms with Gasteiger partial charge >= 0.3 is 11.9 Å². The van der Waals surface area contributed by atoms with Crippen LogP contribution in [-0.4, -0.2) is 47.6 Å². The minimum atomic E-state index is -1.24. The number of aromatic nitrogens is 1. The number of benzene rings is 1. The first-order chi connectivity index (χ1) is 14.6. The van der Waals surface area contributed by atoms with Crippen LogP contribution in [0.5, 0.6) is 5.75 Å². The zero-order chi connectivity index (χ0) is 23.3. The quantitative estimate of drug-likeness (QED) is 0.366. The molecule has 0 saturated heterocycles. The van der Waals surface area contributed by atoms with E-state index in [4.69, 9.17) is 14.2 Å². The number of H-pyrrole nitrogens is 1. The third-order valence-corrected chi connectivity index (χ3v) is 4.43. The second kappa shape index (κ2) is 9.74. The van der Waals surface area contributed by atoms with Gasteiger partial charge in [0, 0.05) is 17.8 Å². The highest BCUT2D eigenvalue weighted by Gasteiger charge is 2.27. The number of nitrogens with one attached hydrogen (secondary N) is 2. The summed E-state index contributed by atoms with van der Waals surface area (Å²) in [6.07, 6.45) is -1.24. The molecule has 1 atom stereocenters. The predicted octanol–water partition coefficient (Wildman–Crippen LogP) is 2.91. The summed E-state index contributed by atoms with van der Waals surface area (Å²) in [6.45, 7) is 6.33. The van der Waals surface area contributed by atoms with Gasteiger partial charge in [-0.25, -0.2) is 9.59 Å². The van der Waals surface area contributed by atoms with E-state index in [2.05, 4.69) is 10.3 Å². The molecule has 31 heavy (non-hydrogen) atoms. The van der Waals surface area contributed by atoms with Gasteiger partial charge in [-0.15, -0.1) is 0 Å². The number of nitro groups is 1. The van der Waals surface area contributed by atoms with E-state index in [1.807, 2.05) is 0 Å². The minimum absolute atomic E-state index is 0.0585. The number of aromatic amines is 1. The Bertz CT molecular complexity index is 1030. The smallest absolute Gasteiger partial charge is 0.355 e. The molecule has 0 aliphatic rings. The molecule has 1 aromatic heterocycles. The van der Waals surface area contributed by atoms with E-state index in [9.17, 15) is 24.5 Å². The number of amides is 1. The van der Waals surface area contributed by atoms with Crippen LogP contribution in [0.1, 0.15) is 46.0 Å². The number of carbonyl (C=O) groups excluding carboxylic acids is 3. The van der Waals surface area contributed by atoms with Crippen molar-refractivity contribution in [3.63, 3.8) is 0 Å². The normalized spacial score (nSPS) is 11.4. The molecule has 1 heterocycles. The highest BCUT2D eigenvalue weighted by Crippen LogP contribution is 2.29. The van der Waals surface area contributed by atoms with Crippen molar-refractivity contribution in [3.05, 3.63) is 50.8 Å². The molecule has 0 saturated carbocycles. The predicted molar refractivity (Wildman–Crippen MR) is 109 cm³/mol. The van der Waals surface area contributed by atoms with Crippen molar-refractivity contribution < 1.29 is 33.5 Å². The van der Waals surface area contributed by atoms with E-state index in [0.29, 0.717) is 11.3 Å². The number of aryl methyl sites for hydroxylation is 1. The van der Waals surface area contributed by atoms with Gasteiger partial charge < -0.3 is 24.5 Å². The summed E-state index contributed by atoms with van der Waals surface area (Å²) >= 11 is 0. The zero-order valence-electron chi connectivity index (χ0n) is 17.7. The van der Waals surface area contributed by atoms with Crippen LogP contribution in [0.25, 0.3) is 0 Å². The highest BCUT2D eigenvalue weighted by atomic mass is 16.6. The average molecular weight is 433 g/mol. The molecule has 1 amide bonds. The third kappa shape index (κ3) is 5.18.